The topological polar surface area (TPSA) is 44.1 Å². The van der Waals surface area contributed by atoms with Crippen molar-refractivity contribution in [2.24, 2.45) is 0 Å². The summed E-state index contributed by atoms with van der Waals surface area (Å²) in [5.41, 5.74) is 2.38. The molecule has 3 nitrogen and oxygen atoms in total. The largest absolute Gasteiger partial charge is 0.340 e. The van der Waals surface area contributed by atoms with Crippen molar-refractivity contribution in [3.8, 4) is 6.07 Å². The van der Waals surface area contributed by atoms with E-state index in [1.54, 1.807) is 0 Å². The smallest absolute Gasteiger partial charge is 0.227 e. The van der Waals surface area contributed by atoms with Gasteiger partial charge in [-0.3, -0.25) is 4.79 Å². The van der Waals surface area contributed by atoms with Gasteiger partial charge in [0.15, 0.2) is 0 Å². The minimum atomic E-state index is 0.0308. The molecule has 1 amide bonds. The molecule has 2 aromatic carbocycles. The fourth-order valence-electron chi connectivity index (χ4n) is 4.11. The third-order valence-corrected chi connectivity index (χ3v) is 5.48. The molecule has 1 aliphatic carbocycles. The third kappa shape index (κ3) is 4.32. The Kier molecular flexibility index (Phi) is 6.07. The lowest BCUT2D eigenvalue weighted by atomic mass is 9.78. The maximum absolute atomic E-state index is 13.0. The highest BCUT2D eigenvalue weighted by Crippen LogP contribution is 2.41. The van der Waals surface area contributed by atoms with Gasteiger partial charge in [-0.1, -0.05) is 73.5 Å². The van der Waals surface area contributed by atoms with E-state index in [1.807, 2.05) is 41.3 Å². The number of benzene rings is 2. The summed E-state index contributed by atoms with van der Waals surface area (Å²) in [6.45, 7) is 1.22. The van der Waals surface area contributed by atoms with Crippen molar-refractivity contribution < 1.29 is 4.79 Å². The van der Waals surface area contributed by atoms with Crippen molar-refractivity contribution in [3.63, 3.8) is 0 Å². The number of nitriles is 1. The Balaban J connectivity index is 1.80. The van der Waals surface area contributed by atoms with Crippen molar-refractivity contribution in [3.05, 3.63) is 71.8 Å². The maximum Gasteiger partial charge on any atom is 0.227 e. The van der Waals surface area contributed by atoms with E-state index in [0.717, 1.165) is 18.4 Å². The van der Waals surface area contributed by atoms with Gasteiger partial charge in [-0.15, -0.1) is 0 Å². The lowest BCUT2D eigenvalue weighted by molar-refractivity contribution is -0.131. The molecule has 0 heterocycles. The van der Waals surface area contributed by atoms with Gasteiger partial charge in [0, 0.05) is 18.5 Å². The number of amides is 1. The van der Waals surface area contributed by atoms with E-state index in [2.05, 4.69) is 30.3 Å². The molecule has 0 radical (unpaired) electrons. The molecule has 0 spiro atoms. The van der Waals surface area contributed by atoms with Gasteiger partial charge in [-0.25, -0.2) is 0 Å². The maximum atomic E-state index is 13.0. The number of nitrogens with zero attached hydrogens (tertiary/aromatic N) is 2. The summed E-state index contributed by atoms with van der Waals surface area (Å²) >= 11 is 0. The first kappa shape index (κ1) is 18.2. The highest BCUT2D eigenvalue weighted by atomic mass is 16.2. The molecule has 0 atom stereocenters. The van der Waals surface area contributed by atoms with Crippen LogP contribution in [0.2, 0.25) is 0 Å². The van der Waals surface area contributed by atoms with Crippen molar-refractivity contribution in [2.45, 2.75) is 43.9 Å². The van der Waals surface area contributed by atoms with Gasteiger partial charge in [0.2, 0.25) is 5.91 Å². The molecular formula is C23H26N2O. The Labute approximate surface area is 156 Å². The summed E-state index contributed by atoms with van der Waals surface area (Å²) < 4.78 is 0. The molecule has 134 valence electrons. The second-order valence-electron chi connectivity index (χ2n) is 7.24. The lowest BCUT2D eigenvalue weighted by Gasteiger charge is -2.36. The van der Waals surface area contributed by atoms with Crippen LogP contribution in [0.25, 0.3) is 0 Å². The summed E-state index contributed by atoms with van der Waals surface area (Å²) in [4.78, 5) is 14.9. The predicted octanol–water partition coefficient (Wildman–Crippen LogP) is 4.48. The van der Waals surface area contributed by atoms with Crippen LogP contribution in [0.4, 0.5) is 0 Å². The summed E-state index contributed by atoms with van der Waals surface area (Å²) in [6, 6.07) is 22.7. The normalized spacial score (nSPS) is 15.3. The lowest BCUT2D eigenvalue weighted by Crippen LogP contribution is -2.43. The number of rotatable bonds is 7. The Morgan fingerprint density at radius 2 is 1.62 bits per heavy atom. The van der Waals surface area contributed by atoms with E-state index >= 15 is 0 Å². The molecule has 26 heavy (non-hydrogen) atoms. The number of hydrogen-bond donors (Lipinski definition) is 0. The Hall–Kier alpha value is -2.60. The summed E-state index contributed by atoms with van der Waals surface area (Å²) in [5.74, 6) is 0.119. The van der Waals surface area contributed by atoms with Crippen LogP contribution < -0.4 is 0 Å². The Morgan fingerprint density at radius 1 is 1.00 bits per heavy atom. The van der Waals surface area contributed by atoms with Crippen molar-refractivity contribution in [1.29, 1.82) is 5.26 Å². The number of carbonyl (C=O) groups excluding carboxylic acids is 1. The van der Waals surface area contributed by atoms with Crippen LogP contribution in [0.15, 0.2) is 60.7 Å². The number of carbonyl (C=O) groups is 1. The Morgan fingerprint density at radius 3 is 2.23 bits per heavy atom. The molecular weight excluding hydrogens is 320 g/mol. The molecule has 1 aliphatic rings. The van der Waals surface area contributed by atoms with E-state index < -0.39 is 0 Å². The van der Waals surface area contributed by atoms with Gasteiger partial charge in [0.25, 0.3) is 0 Å². The minimum absolute atomic E-state index is 0.0308. The van der Waals surface area contributed by atoms with E-state index in [9.17, 15) is 4.79 Å². The van der Waals surface area contributed by atoms with Crippen molar-refractivity contribution in [1.82, 2.24) is 4.90 Å². The van der Waals surface area contributed by atoms with Crippen molar-refractivity contribution in [2.75, 3.05) is 13.1 Å². The van der Waals surface area contributed by atoms with Crippen LogP contribution in [-0.4, -0.2) is 23.9 Å². The average molecular weight is 346 g/mol. The molecule has 0 bridgehead atoms. The fraction of sp³-hybridized carbons (Fsp3) is 0.391. The first-order chi connectivity index (χ1) is 12.7. The predicted molar refractivity (Wildman–Crippen MR) is 104 cm³/mol. The molecule has 2 aromatic rings. The third-order valence-electron chi connectivity index (χ3n) is 5.48. The molecule has 0 aliphatic heterocycles. The number of hydrogen-bond acceptors (Lipinski definition) is 2. The fourth-order valence-corrected chi connectivity index (χ4v) is 4.11. The van der Waals surface area contributed by atoms with Crippen LogP contribution >= 0.6 is 0 Å². The molecule has 0 N–H and O–H groups in total. The van der Waals surface area contributed by atoms with Gasteiger partial charge in [-0.05, 0) is 24.0 Å². The quantitative estimate of drug-likeness (QED) is 0.742. The Bertz CT molecular complexity index is 743. The monoisotopic (exact) mass is 346 g/mol. The van der Waals surface area contributed by atoms with Gasteiger partial charge < -0.3 is 4.90 Å². The molecule has 0 saturated heterocycles. The first-order valence-corrected chi connectivity index (χ1v) is 9.48. The van der Waals surface area contributed by atoms with Crippen LogP contribution in [0.1, 0.15) is 43.2 Å². The van der Waals surface area contributed by atoms with Gasteiger partial charge in [0.1, 0.15) is 0 Å². The SMILES string of the molecule is N#CCCN(CC1(c2ccccc2)CCCC1)C(=O)Cc1ccccc1. The second-order valence-corrected chi connectivity index (χ2v) is 7.24. The van der Waals surface area contributed by atoms with Crippen LogP contribution in [0, 0.1) is 11.3 Å². The zero-order chi connectivity index (χ0) is 18.2. The van der Waals surface area contributed by atoms with E-state index in [-0.39, 0.29) is 11.3 Å². The average Bonchev–Trinajstić information content (AvgIpc) is 3.16. The van der Waals surface area contributed by atoms with E-state index in [1.165, 1.54) is 18.4 Å². The van der Waals surface area contributed by atoms with E-state index in [4.69, 9.17) is 5.26 Å². The van der Waals surface area contributed by atoms with Gasteiger partial charge in [-0.2, -0.15) is 5.26 Å². The zero-order valence-electron chi connectivity index (χ0n) is 15.2. The van der Waals surface area contributed by atoms with E-state index in [0.29, 0.717) is 25.9 Å². The second kappa shape index (κ2) is 8.67. The summed E-state index contributed by atoms with van der Waals surface area (Å²) in [6.07, 6.45) is 5.40. The van der Waals surface area contributed by atoms with Crippen LogP contribution in [-0.2, 0) is 16.6 Å². The zero-order valence-corrected chi connectivity index (χ0v) is 15.2. The summed E-state index contributed by atoms with van der Waals surface area (Å²) in [5, 5.41) is 9.04. The standard InChI is InChI=1S/C23H26N2O/c24-16-9-17-25(22(26)18-20-10-3-1-4-11-20)19-23(14-7-8-15-23)21-12-5-2-6-13-21/h1-6,10-13H,7-9,14-15,17-19H2. The van der Waals surface area contributed by atoms with Gasteiger partial charge in [0.05, 0.1) is 18.9 Å². The first-order valence-electron chi connectivity index (χ1n) is 9.48. The molecule has 1 saturated carbocycles. The molecule has 3 rings (SSSR count). The minimum Gasteiger partial charge on any atom is -0.340 e. The molecule has 1 fully saturated rings. The van der Waals surface area contributed by atoms with Crippen LogP contribution in [0.5, 0.6) is 0 Å². The molecule has 0 unspecified atom stereocenters. The van der Waals surface area contributed by atoms with Crippen molar-refractivity contribution >= 4 is 5.91 Å². The highest BCUT2D eigenvalue weighted by Gasteiger charge is 2.38. The van der Waals surface area contributed by atoms with Gasteiger partial charge >= 0.3 is 0 Å². The van der Waals surface area contributed by atoms with Crippen LogP contribution in [0.3, 0.4) is 0 Å². The highest BCUT2D eigenvalue weighted by molar-refractivity contribution is 5.79. The molecule has 3 heteroatoms. The molecule has 0 aromatic heterocycles. The summed E-state index contributed by atoms with van der Waals surface area (Å²) in [7, 11) is 0.